The van der Waals surface area contributed by atoms with Gasteiger partial charge in [0.25, 0.3) is 5.91 Å². The van der Waals surface area contributed by atoms with Crippen LogP contribution < -0.4 is 11.1 Å². The van der Waals surface area contributed by atoms with Gasteiger partial charge in [-0.3, -0.25) is 4.79 Å². The Balaban J connectivity index is 2.17. The summed E-state index contributed by atoms with van der Waals surface area (Å²) in [6.07, 6.45) is 0.988. The summed E-state index contributed by atoms with van der Waals surface area (Å²) in [6.45, 7) is 3.36. The van der Waals surface area contributed by atoms with Crippen LogP contribution in [0, 0.1) is 0 Å². The summed E-state index contributed by atoms with van der Waals surface area (Å²) in [4.78, 5) is 14.1. The Morgan fingerprint density at radius 1 is 1.35 bits per heavy atom. The minimum absolute atomic E-state index is 0.0266. The van der Waals surface area contributed by atoms with Gasteiger partial charge in [-0.15, -0.1) is 0 Å². The number of carbonyl (C=O) groups excluding carboxylic acids is 1. The van der Waals surface area contributed by atoms with Crippen LogP contribution >= 0.6 is 15.9 Å². The molecule has 0 saturated carbocycles. The van der Waals surface area contributed by atoms with Crippen molar-refractivity contribution in [3.05, 3.63) is 28.2 Å². The average Bonchev–Trinajstić information content (AvgIpc) is 2.56. The summed E-state index contributed by atoms with van der Waals surface area (Å²) in [5, 5.41) is 3.27. The molecule has 1 aliphatic heterocycles. The SMILES string of the molecule is Nc1cc(Br)ccc1C(=O)N1CCCNCC1. The number of hydrogen-bond donors (Lipinski definition) is 2. The van der Waals surface area contributed by atoms with Gasteiger partial charge in [-0.2, -0.15) is 0 Å². The van der Waals surface area contributed by atoms with Crippen LogP contribution in [0.1, 0.15) is 16.8 Å². The number of nitrogen functional groups attached to an aromatic ring is 1. The number of hydrogen-bond acceptors (Lipinski definition) is 3. The Morgan fingerprint density at radius 3 is 2.94 bits per heavy atom. The Morgan fingerprint density at radius 2 is 2.18 bits per heavy atom. The second-order valence-electron chi connectivity index (χ2n) is 4.13. The van der Waals surface area contributed by atoms with Crippen molar-refractivity contribution in [3.8, 4) is 0 Å². The lowest BCUT2D eigenvalue weighted by atomic mass is 10.1. The maximum absolute atomic E-state index is 12.3. The molecular weight excluding hydrogens is 282 g/mol. The minimum Gasteiger partial charge on any atom is -0.398 e. The lowest BCUT2D eigenvalue weighted by Crippen LogP contribution is -2.34. The van der Waals surface area contributed by atoms with E-state index in [2.05, 4.69) is 21.2 Å². The molecule has 1 saturated heterocycles. The first kappa shape index (κ1) is 12.4. The van der Waals surface area contributed by atoms with Crippen LogP contribution in [0.5, 0.6) is 0 Å². The van der Waals surface area contributed by atoms with E-state index < -0.39 is 0 Å². The zero-order valence-electron chi connectivity index (χ0n) is 9.58. The number of amides is 1. The molecule has 0 unspecified atom stereocenters. The van der Waals surface area contributed by atoms with Crippen LogP contribution in [0.25, 0.3) is 0 Å². The summed E-state index contributed by atoms with van der Waals surface area (Å²) in [6, 6.07) is 5.39. The molecule has 0 aromatic heterocycles. The van der Waals surface area contributed by atoms with Gasteiger partial charge in [0, 0.05) is 29.8 Å². The van der Waals surface area contributed by atoms with Crippen LogP contribution in [0.4, 0.5) is 5.69 Å². The fraction of sp³-hybridized carbons (Fsp3) is 0.417. The quantitative estimate of drug-likeness (QED) is 0.772. The van der Waals surface area contributed by atoms with E-state index >= 15 is 0 Å². The fourth-order valence-corrected chi connectivity index (χ4v) is 2.33. The van der Waals surface area contributed by atoms with Crippen molar-refractivity contribution in [3.63, 3.8) is 0 Å². The molecule has 0 radical (unpaired) electrons. The molecule has 5 heteroatoms. The van der Waals surface area contributed by atoms with Gasteiger partial charge >= 0.3 is 0 Å². The van der Waals surface area contributed by atoms with Crippen LogP contribution in [0.15, 0.2) is 22.7 Å². The highest BCUT2D eigenvalue weighted by atomic mass is 79.9. The Kier molecular flexibility index (Phi) is 4.02. The van der Waals surface area contributed by atoms with E-state index in [1.807, 2.05) is 11.0 Å². The predicted octanol–water partition coefficient (Wildman–Crippen LogP) is 1.47. The Labute approximate surface area is 109 Å². The number of carbonyl (C=O) groups is 1. The molecule has 17 heavy (non-hydrogen) atoms. The van der Waals surface area contributed by atoms with Gasteiger partial charge in [0.15, 0.2) is 0 Å². The van der Waals surface area contributed by atoms with Crippen molar-refractivity contribution in [1.29, 1.82) is 0 Å². The summed E-state index contributed by atoms with van der Waals surface area (Å²) in [7, 11) is 0. The van der Waals surface area contributed by atoms with Crippen molar-refractivity contribution in [2.24, 2.45) is 0 Å². The summed E-state index contributed by atoms with van der Waals surface area (Å²) in [5.74, 6) is 0.0266. The number of rotatable bonds is 1. The molecule has 0 bridgehead atoms. The van der Waals surface area contributed by atoms with E-state index in [-0.39, 0.29) is 5.91 Å². The molecule has 1 aromatic carbocycles. The number of nitrogens with one attached hydrogen (secondary N) is 1. The summed E-state index contributed by atoms with van der Waals surface area (Å²) < 4.78 is 0.893. The highest BCUT2D eigenvalue weighted by molar-refractivity contribution is 9.10. The van der Waals surface area contributed by atoms with Gasteiger partial charge in [-0.05, 0) is 31.2 Å². The highest BCUT2D eigenvalue weighted by Gasteiger charge is 2.18. The van der Waals surface area contributed by atoms with Gasteiger partial charge in [0.05, 0.1) is 5.56 Å². The Hall–Kier alpha value is -1.07. The van der Waals surface area contributed by atoms with Crippen LogP contribution in [0.2, 0.25) is 0 Å². The molecule has 2 rings (SSSR count). The molecule has 0 spiro atoms. The average molecular weight is 298 g/mol. The molecule has 0 atom stereocenters. The number of halogens is 1. The smallest absolute Gasteiger partial charge is 0.255 e. The third kappa shape index (κ3) is 2.98. The summed E-state index contributed by atoms with van der Waals surface area (Å²) in [5.41, 5.74) is 7.00. The lowest BCUT2D eigenvalue weighted by Gasteiger charge is -2.20. The van der Waals surface area contributed by atoms with E-state index in [9.17, 15) is 4.79 Å². The normalized spacial score (nSPS) is 16.6. The number of benzene rings is 1. The lowest BCUT2D eigenvalue weighted by molar-refractivity contribution is 0.0767. The monoisotopic (exact) mass is 297 g/mol. The molecule has 4 nitrogen and oxygen atoms in total. The molecule has 92 valence electrons. The second-order valence-corrected chi connectivity index (χ2v) is 5.04. The molecular formula is C12H16BrN3O. The zero-order chi connectivity index (χ0) is 12.3. The van der Waals surface area contributed by atoms with Gasteiger partial charge in [-0.1, -0.05) is 15.9 Å². The number of nitrogens with two attached hydrogens (primary N) is 1. The van der Waals surface area contributed by atoms with Gasteiger partial charge < -0.3 is 16.0 Å². The first-order valence-corrected chi connectivity index (χ1v) is 6.53. The van der Waals surface area contributed by atoms with Crippen molar-refractivity contribution in [1.82, 2.24) is 10.2 Å². The third-order valence-corrected chi connectivity index (χ3v) is 3.36. The largest absolute Gasteiger partial charge is 0.398 e. The number of nitrogens with zero attached hydrogens (tertiary/aromatic N) is 1. The maximum Gasteiger partial charge on any atom is 0.255 e. The van der Waals surface area contributed by atoms with Gasteiger partial charge in [0.2, 0.25) is 0 Å². The van der Waals surface area contributed by atoms with Gasteiger partial charge in [-0.25, -0.2) is 0 Å². The molecule has 1 aliphatic rings. The van der Waals surface area contributed by atoms with Crippen molar-refractivity contribution >= 4 is 27.5 Å². The maximum atomic E-state index is 12.3. The fourth-order valence-electron chi connectivity index (χ4n) is 1.95. The highest BCUT2D eigenvalue weighted by Crippen LogP contribution is 2.20. The number of anilines is 1. The van der Waals surface area contributed by atoms with Crippen molar-refractivity contribution in [2.45, 2.75) is 6.42 Å². The first-order chi connectivity index (χ1) is 8.18. The van der Waals surface area contributed by atoms with E-state index in [4.69, 9.17) is 5.73 Å². The van der Waals surface area contributed by atoms with E-state index in [1.54, 1.807) is 12.1 Å². The molecule has 1 fully saturated rings. The van der Waals surface area contributed by atoms with Crippen molar-refractivity contribution in [2.75, 3.05) is 31.9 Å². The Bertz CT molecular complexity index is 414. The summed E-state index contributed by atoms with van der Waals surface area (Å²) >= 11 is 3.34. The minimum atomic E-state index is 0.0266. The molecule has 1 aromatic rings. The predicted molar refractivity (Wildman–Crippen MR) is 71.9 cm³/mol. The third-order valence-electron chi connectivity index (χ3n) is 2.87. The topological polar surface area (TPSA) is 58.4 Å². The molecule has 1 heterocycles. The van der Waals surface area contributed by atoms with Crippen LogP contribution in [-0.4, -0.2) is 37.0 Å². The first-order valence-electron chi connectivity index (χ1n) is 5.73. The molecule has 0 aliphatic carbocycles. The van der Waals surface area contributed by atoms with E-state index in [1.165, 1.54) is 0 Å². The molecule has 3 N–H and O–H groups in total. The second kappa shape index (κ2) is 5.51. The van der Waals surface area contributed by atoms with Gasteiger partial charge in [0.1, 0.15) is 0 Å². The van der Waals surface area contributed by atoms with Crippen LogP contribution in [0.3, 0.4) is 0 Å². The van der Waals surface area contributed by atoms with E-state index in [0.717, 1.165) is 37.1 Å². The van der Waals surface area contributed by atoms with E-state index in [0.29, 0.717) is 11.3 Å². The van der Waals surface area contributed by atoms with Crippen LogP contribution in [-0.2, 0) is 0 Å². The standard InChI is InChI=1S/C12H16BrN3O/c13-9-2-3-10(11(14)8-9)12(17)16-6-1-4-15-5-7-16/h2-3,8,15H,1,4-7,14H2. The van der Waals surface area contributed by atoms with Crippen molar-refractivity contribution < 1.29 is 4.79 Å². The molecule has 1 amide bonds. The zero-order valence-corrected chi connectivity index (χ0v) is 11.2.